The Morgan fingerprint density at radius 1 is 0.906 bits per heavy atom. The molecule has 0 aliphatic heterocycles. The third-order valence-electron chi connectivity index (χ3n) is 5.07. The Morgan fingerprint density at radius 2 is 1.72 bits per heavy atom. The average molecular weight is 432 g/mol. The molecule has 0 aliphatic carbocycles. The number of carbonyl (C=O) groups excluding carboxylic acids is 1. The summed E-state index contributed by atoms with van der Waals surface area (Å²) in [5.74, 6) is 2.26. The zero-order valence-electron chi connectivity index (χ0n) is 18.6. The Kier molecular flexibility index (Phi) is 8.87. The summed E-state index contributed by atoms with van der Waals surface area (Å²) in [6, 6.07) is 17.5. The van der Waals surface area contributed by atoms with Gasteiger partial charge in [0.1, 0.15) is 12.4 Å². The van der Waals surface area contributed by atoms with Gasteiger partial charge < -0.3 is 14.2 Å². The van der Waals surface area contributed by atoms with E-state index in [1.807, 2.05) is 66.9 Å². The molecular weight excluding hydrogens is 402 g/mol. The lowest BCUT2D eigenvalue weighted by molar-refractivity contribution is -0.114. The monoisotopic (exact) mass is 431 g/mol. The number of ketones is 1. The quantitative estimate of drug-likeness (QED) is 0.361. The lowest BCUT2D eigenvalue weighted by atomic mass is 10.1. The van der Waals surface area contributed by atoms with E-state index in [2.05, 4.69) is 4.98 Å². The fraction of sp³-hybridized carbons (Fsp3) is 0.259. The van der Waals surface area contributed by atoms with Crippen LogP contribution in [0, 0.1) is 0 Å². The summed E-state index contributed by atoms with van der Waals surface area (Å²) in [5, 5.41) is 0. The van der Waals surface area contributed by atoms with Gasteiger partial charge in [-0.1, -0.05) is 30.3 Å². The normalized spacial score (nSPS) is 10.8. The highest BCUT2D eigenvalue weighted by atomic mass is 16.5. The van der Waals surface area contributed by atoms with Crippen molar-refractivity contribution in [2.75, 3.05) is 14.2 Å². The van der Waals surface area contributed by atoms with Gasteiger partial charge in [-0.2, -0.15) is 0 Å². The largest absolute Gasteiger partial charge is 0.497 e. The fourth-order valence-corrected chi connectivity index (χ4v) is 3.23. The standard InChI is InChI=1S/C27H29NO4/c1-30-25-14-10-23(11-15-25)20-32-27-18-21(12-16-26(27)31-2)9-13-24(29)8-4-3-6-22-7-5-17-28-19-22/h4-5,7-8,10-12,14-19H,3,6,9,13,20H2,1-2H3/b8-4+. The number of aromatic nitrogens is 1. The molecule has 0 radical (unpaired) electrons. The van der Waals surface area contributed by atoms with Gasteiger partial charge in [-0.3, -0.25) is 9.78 Å². The molecule has 0 bridgehead atoms. The molecule has 0 aliphatic rings. The zero-order chi connectivity index (χ0) is 22.6. The Hall–Kier alpha value is -3.60. The number of allylic oxidation sites excluding steroid dienone is 2. The molecule has 5 nitrogen and oxygen atoms in total. The van der Waals surface area contributed by atoms with Crippen LogP contribution in [0.1, 0.15) is 29.5 Å². The molecule has 0 saturated heterocycles. The van der Waals surface area contributed by atoms with Crippen LogP contribution >= 0.6 is 0 Å². The van der Waals surface area contributed by atoms with Crippen LogP contribution in [-0.4, -0.2) is 25.0 Å². The fourth-order valence-electron chi connectivity index (χ4n) is 3.23. The van der Waals surface area contributed by atoms with Gasteiger partial charge in [0.15, 0.2) is 17.3 Å². The van der Waals surface area contributed by atoms with Crippen LogP contribution in [-0.2, 0) is 24.2 Å². The van der Waals surface area contributed by atoms with E-state index in [0.29, 0.717) is 30.9 Å². The number of nitrogens with zero attached hydrogens (tertiary/aromatic N) is 1. The minimum Gasteiger partial charge on any atom is -0.497 e. The molecule has 1 heterocycles. The molecule has 1 aromatic heterocycles. The second-order valence-electron chi connectivity index (χ2n) is 7.39. The highest BCUT2D eigenvalue weighted by Crippen LogP contribution is 2.29. The lowest BCUT2D eigenvalue weighted by Crippen LogP contribution is -2.00. The number of pyridine rings is 1. The van der Waals surface area contributed by atoms with E-state index in [1.54, 1.807) is 26.5 Å². The van der Waals surface area contributed by atoms with Crippen molar-refractivity contribution in [3.63, 3.8) is 0 Å². The first-order chi connectivity index (χ1) is 15.7. The van der Waals surface area contributed by atoms with Crippen LogP contribution in [0.2, 0.25) is 0 Å². The molecule has 32 heavy (non-hydrogen) atoms. The molecule has 0 saturated carbocycles. The predicted octanol–water partition coefficient (Wildman–Crippen LogP) is 5.37. The Morgan fingerprint density at radius 3 is 2.44 bits per heavy atom. The third-order valence-corrected chi connectivity index (χ3v) is 5.07. The van der Waals surface area contributed by atoms with Gasteiger partial charge in [0.2, 0.25) is 0 Å². The van der Waals surface area contributed by atoms with Crippen LogP contribution < -0.4 is 14.2 Å². The van der Waals surface area contributed by atoms with E-state index in [4.69, 9.17) is 14.2 Å². The van der Waals surface area contributed by atoms with Gasteiger partial charge in [-0.15, -0.1) is 0 Å². The second-order valence-corrected chi connectivity index (χ2v) is 7.39. The molecule has 0 fully saturated rings. The third kappa shape index (κ3) is 7.27. The van der Waals surface area contributed by atoms with Crippen molar-refractivity contribution >= 4 is 5.78 Å². The van der Waals surface area contributed by atoms with Gasteiger partial charge in [0.25, 0.3) is 0 Å². The number of methoxy groups -OCH3 is 2. The van der Waals surface area contributed by atoms with Crippen LogP contribution in [0.5, 0.6) is 17.2 Å². The van der Waals surface area contributed by atoms with Crippen molar-refractivity contribution in [2.24, 2.45) is 0 Å². The van der Waals surface area contributed by atoms with E-state index in [0.717, 1.165) is 29.7 Å². The van der Waals surface area contributed by atoms with E-state index < -0.39 is 0 Å². The molecule has 0 spiro atoms. The average Bonchev–Trinajstić information content (AvgIpc) is 2.85. The van der Waals surface area contributed by atoms with Gasteiger partial charge in [-0.05, 0) is 72.4 Å². The van der Waals surface area contributed by atoms with Gasteiger partial charge in [-0.25, -0.2) is 0 Å². The SMILES string of the molecule is COc1ccc(COc2cc(CCC(=O)/C=C/CCc3cccnc3)ccc2OC)cc1. The topological polar surface area (TPSA) is 57.7 Å². The van der Waals surface area contributed by atoms with Crippen LogP contribution in [0.4, 0.5) is 0 Å². The van der Waals surface area contributed by atoms with Crippen molar-refractivity contribution in [1.82, 2.24) is 4.98 Å². The second kappa shape index (κ2) is 12.3. The van der Waals surface area contributed by atoms with E-state index in [1.165, 1.54) is 5.56 Å². The summed E-state index contributed by atoms with van der Waals surface area (Å²) in [7, 11) is 3.26. The minimum atomic E-state index is 0.118. The molecule has 5 heteroatoms. The minimum absolute atomic E-state index is 0.118. The van der Waals surface area contributed by atoms with E-state index >= 15 is 0 Å². The van der Waals surface area contributed by atoms with Crippen LogP contribution in [0.15, 0.2) is 79.1 Å². The van der Waals surface area contributed by atoms with E-state index in [-0.39, 0.29) is 5.78 Å². The molecule has 3 rings (SSSR count). The predicted molar refractivity (Wildman–Crippen MR) is 125 cm³/mol. The molecule has 3 aromatic rings. The number of carbonyl (C=O) groups is 1. The first kappa shape index (κ1) is 23.1. The first-order valence-corrected chi connectivity index (χ1v) is 10.7. The number of benzene rings is 2. The smallest absolute Gasteiger partial charge is 0.161 e. The van der Waals surface area contributed by atoms with Gasteiger partial charge in [0.05, 0.1) is 14.2 Å². The summed E-state index contributed by atoms with van der Waals surface area (Å²) in [6.45, 7) is 0.419. The van der Waals surface area contributed by atoms with Crippen molar-refractivity contribution in [3.8, 4) is 17.2 Å². The summed E-state index contributed by atoms with van der Waals surface area (Å²) in [5.41, 5.74) is 3.24. The highest BCUT2D eigenvalue weighted by molar-refractivity contribution is 5.89. The van der Waals surface area contributed by atoms with Crippen LogP contribution in [0.25, 0.3) is 0 Å². The lowest BCUT2D eigenvalue weighted by Gasteiger charge is -2.12. The molecular formula is C27H29NO4. The molecule has 166 valence electrons. The maximum atomic E-state index is 12.2. The van der Waals surface area contributed by atoms with E-state index in [9.17, 15) is 4.79 Å². The number of ether oxygens (including phenoxy) is 3. The van der Waals surface area contributed by atoms with Crippen molar-refractivity contribution in [2.45, 2.75) is 32.3 Å². The molecule has 0 amide bonds. The summed E-state index contributed by atoms with van der Waals surface area (Å²) in [4.78, 5) is 16.3. The summed E-state index contributed by atoms with van der Waals surface area (Å²) < 4.78 is 16.6. The Balaban J connectivity index is 1.50. The maximum Gasteiger partial charge on any atom is 0.161 e. The van der Waals surface area contributed by atoms with Crippen molar-refractivity contribution in [3.05, 3.63) is 95.8 Å². The van der Waals surface area contributed by atoms with Crippen molar-refractivity contribution in [1.29, 1.82) is 0 Å². The summed E-state index contributed by atoms with van der Waals surface area (Å²) >= 11 is 0. The van der Waals surface area contributed by atoms with Crippen molar-refractivity contribution < 1.29 is 19.0 Å². The number of rotatable bonds is 12. The van der Waals surface area contributed by atoms with Gasteiger partial charge >= 0.3 is 0 Å². The zero-order valence-corrected chi connectivity index (χ0v) is 18.6. The number of aryl methyl sites for hydroxylation is 2. The molecule has 2 aromatic carbocycles. The highest BCUT2D eigenvalue weighted by Gasteiger charge is 2.08. The number of hydrogen-bond donors (Lipinski definition) is 0. The first-order valence-electron chi connectivity index (χ1n) is 10.7. The number of hydrogen-bond acceptors (Lipinski definition) is 5. The van der Waals surface area contributed by atoms with Crippen LogP contribution in [0.3, 0.4) is 0 Å². The Bertz CT molecular complexity index is 1010. The molecule has 0 N–H and O–H groups in total. The molecule has 0 unspecified atom stereocenters. The summed E-state index contributed by atoms with van der Waals surface area (Å²) in [6.07, 6.45) is 10.0. The Labute approximate surface area is 189 Å². The van der Waals surface area contributed by atoms with Gasteiger partial charge in [0, 0.05) is 18.8 Å². The maximum absolute atomic E-state index is 12.2. The molecule has 0 atom stereocenters.